The first-order valence-electron chi connectivity index (χ1n) is 2.16. The molecule has 3 nitrogen and oxygen atoms in total. The summed E-state index contributed by atoms with van der Waals surface area (Å²) in [7, 11) is 0. The van der Waals surface area contributed by atoms with E-state index in [1.54, 1.807) is 0 Å². The zero-order chi connectivity index (χ0) is 6.99. The standard InChI is InChI=1S/C4H8O2.BrHO/c1-2-3-4(5)6;1-2/h2-3H2,1H3,(H,5,6);2H. The van der Waals surface area contributed by atoms with Gasteiger partial charge in [0.25, 0.3) is 0 Å². The van der Waals surface area contributed by atoms with Crippen molar-refractivity contribution in [2.75, 3.05) is 0 Å². The van der Waals surface area contributed by atoms with Crippen LogP contribution >= 0.6 is 16.3 Å². The van der Waals surface area contributed by atoms with Crippen molar-refractivity contribution < 1.29 is 14.1 Å². The molecule has 0 aromatic carbocycles. The first-order chi connectivity index (χ1) is 3.77. The monoisotopic (exact) mass is 184 g/mol. The smallest absolute Gasteiger partial charge is 0.303 e. The van der Waals surface area contributed by atoms with Crippen LogP contribution in [0.25, 0.3) is 0 Å². The Labute approximate surface area is 56.8 Å². The summed E-state index contributed by atoms with van der Waals surface area (Å²) < 4.78 is 6.81. The van der Waals surface area contributed by atoms with Gasteiger partial charge in [-0.05, 0) is 6.42 Å². The maximum Gasteiger partial charge on any atom is 0.303 e. The number of carboxylic acids is 1. The summed E-state index contributed by atoms with van der Waals surface area (Å²) in [6.45, 7) is 1.84. The highest BCUT2D eigenvalue weighted by Crippen LogP contribution is 1.82. The van der Waals surface area contributed by atoms with E-state index in [9.17, 15) is 4.79 Å². The highest BCUT2D eigenvalue weighted by Gasteiger charge is 1.87. The molecule has 0 aromatic heterocycles. The molecule has 4 heteroatoms. The lowest BCUT2D eigenvalue weighted by Crippen LogP contribution is -1.90. The predicted molar refractivity (Wildman–Crippen MR) is 33.7 cm³/mol. The lowest BCUT2D eigenvalue weighted by atomic mass is 10.4. The summed E-state index contributed by atoms with van der Waals surface area (Å²) in [5, 5.41) is 7.91. The van der Waals surface area contributed by atoms with Gasteiger partial charge in [-0.15, -0.1) is 0 Å². The predicted octanol–water partition coefficient (Wildman–Crippen LogP) is 1.16. The number of rotatable bonds is 2. The average molecular weight is 185 g/mol. The summed E-state index contributed by atoms with van der Waals surface area (Å²) in [6, 6.07) is 0. The van der Waals surface area contributed by atoms with Gasteiger partial charge in [-0.25, -0.2) is 0 Å². The van der Waals surface area contributed by atoms with Crippen LogP contribution in [0.3, 0.4) is 0 Å². The van der Waals surface area contributed by atoms with Crippen molar-refractivity contribution in [2.45, 2.75) is 19.8 Å². The van der Waals surface area contributed by atoms with Gasteiger partial charge in [-0.3, -0.25) is 4.79 Å². The molecule has 0 amide bonds. The first kappa shape index (κ1) is 10.8. The van der Waals surface area contributed by atoms with E-state index < -0.39 is 5.97 Å². The number of hydrogen-bond donors (Lipinski definition) is 2. The topological polar surface area (TPSA) is 57.5 Å². The lowest BCUT2D eigenvalue weighted by molar-refractivity contribution is -0.137. The fourth-order valence-electron chi connectivity index (χ4n) is 0.214. The van der Waals surface area contributed by atoms with Crippen LogP contribution in [0, 0.1) is 0 Å². The number of carbonyl (C=O) groups is 1. The number of carboxylic acid groups (broad SMARTS) is 1. The highest BCUT2D eigenvalue weighted by atomic mass is 79.9. The number of aliphatic carboxylic acids is 1. The van der Waals surface area contributed by atoms with Crippen molar-refractivity contribution in [1.29, 1.82) is 0 Å². The van der Waals surface area contributed by atoms with Gasteiger partial charge in [0.1, 0.15) is 0 Å². The minimum absolute atomic E-state index is 0.292. The number of hydrogen-bond acceptors (Lipinski definition) is 2. The molecule has 0 rings (SSSR count). The molecule has 0 spiro atoms. The molecule has 50 valence electrons. The molecule has 0 aromatic rings. The Morgan fingerprint density at radius 1 is 1.62 bits per heavy atom. The SMILES string of the molecule is CCCC(=O)O.OBr. The zero-order valence-electron chi connectivity index (χ0n) is 4.59. The molecule has 0 unspecified atom stereocenters. The molecule has 0 atom stereocenters. The summed E-state index contributed by atoms with van der Waals surface area (Å²) in [5.41, 5.74) is 0. The van der Waals surface area contributed by atoms with E-state index >= 15 is 0 Å². The normalized spacial score (nSPS) is 6.88. The van der Waals surface area contributed by atoms with Crippen LogP contribution in [-0.4, -0.2) is 15.3 Å². The Hall–Kier alpha value is -0.0900. The Balaban J connectivity index is 0. The zero-order valence-corrected chi connectivity index (χ0v) is 6.18. The van der Waals surface area contributed by atoms with Crippen molar-refractivity contribution in [2.24, 2.45) is 0 Å². The van der Waals surface area contributed by atoms with E-state index in [0.717, 1.165) is 6.42 Å². The van der Waals surface area contributed by atoms with Gasteiger partial charge in [0.05, 0.1) is 16.3 Å². The molecule has 0 fully saturated rings. The quantitative estimate of drug-likeness (QED) is 0.678. The van der Waals surface area contributed by atoms with E-state index in [-0.39, 0.29) is 0 Å². The summed E-state index contributed by atoms with van der Waals surface area (Å²) in [5.74, 6) is -0.711. The molecule has 0 aliphatic rings. The summed E-state index contributed by atoms with van der Waals surface area (Å²) >= 11 is 1.94. The minimum Gasteiger partial charge on any atom is -0.481 e. The van der Waals surface area contributed by atoms with E-state index in [0.29, 0.717) is 6.42 Å². The minimum atomic E-state index is -0.711. The van der Waals surface area contributed by atoms with Crippen LogP contribution in [0.1, 0.15) is 19.8 Å². The molecule has 0 radical (unpaired) electrons. The van der Waals surface area contributed by atoms with E-state index in [1.165, 1.54) is 0 Å². The Kier molecular flexibility index (Phi) is 13.5. The fraction of sp³-hybridized carbons (Fsp3) is 0.750. The second-order valence-corrected chi connectivity index (χ2v) is 1.14. The number of halogens is 1. The molecule has 2 N–H and O–H groups in total. The van der Waals surface area contributed by atoms with E-state index in [1.807, 2.05) is 23.2 Å². The molecule has 8 heavy (non-hydrogen) atoms. The Morgan fingerprint density at radius 3 is 2.00 bits per heavy atom. The highest BCUT2D eigenvalue weighted by molar-refractivity contribution is 9.05. The van der Waals surface area contributed by atoms with Crippen LogP contribution < -0.4 is 0 Å². The van der Waals surface area contributed by atoms with Gasteiger partial charge >= 0.3 is 5.97 Å². The van der Waals surface area contributed by atoms with Crippen LogP contribution in [0.5, 0.6) is 0 Å². The molecule has 0 saturated carbocycles. The van der Waals surface area contributed by atoms with Gasteiger partial charge in [0, 0.05) is 6.42 Å². The lowest BCUT2D eigenvalue weighted by Gasteiger charge is -1.79. The maximum atomic E-state index is 9.60. The second-order valence-electron chi connectivity index (χ2n) is 1.14. The van der Waals surface area contributed by atoms with Crippen LogP contribution in [0.15, 0.2) is 0 Å². The third-order valence-electron chi connectivity index (χ3n) is 0.464. The average Bonchev–Trinajstić information content (AvgIpc) is 1.72. The Morgan fingerprint density at radius 2 is 2.00 bits per heavy atom. The van der Waals surface area contributed by atoms with E-state index in [2.05, 4.69) is 0 Å². The van der Waals surface area contributed by atoms with Gasteiger partial charge in [-0.2, -0.15) is 0 Å². The van der Waals surface area contributed by atoms with Crippen molar-refractivity contribution >= 4 is 22.2 Å². The largest absolute Gasteiger partial charge is 0.481 e. The van der Waals surface area contributed by atoms with Crippen molar-refractivity contribution in [3.8, 4) is 0 Å². The molecule has 0 heterocycles. The van der Waals surface area contributed by atoms with Crippen LogP contribution in [0.2, 0.25) is 0 Å². The third-order valence-corrected chi connectivity index (χ3v) is 0.464. The molecule has 0 aliphatic heterocycles. The van der Waals surface area contributed by atoms with E-state index in [4.69, 9.17) is 9.30 Å². The van der Waals surface area contributed by atoms with Gasteiger partial charge < -0.3 is 9.30 Å². The van der Waals surface area contributed by atoms with Gasteiger partial charge in [-0.1, -0.05) is 6.92 Å². The van der Waals surface area contributed by atoms with Crippen molar-refractivity contribution in [3.05, 3.63) is 0 Å². The Bertz CT molecular complexity index is 55.2. The van der Waals surface area contributed by atoms with Crippen LogP contribution in [0.4, 0.5) is 0 Å². The second kappa shape index (κ2) is 10.0. The summed E-state index contributed by atoms with van der Waals surface area (Å²) in [6.07, 6.45) is 1.02. The third kappa shape index (κ3) is 16.8. The van der Waals surface area contributed by atoms with Gasteiger partial charge in [0.15, 0.2) is 0 Å². The molecule has 0 saturated heterocycles. The molecule has 0 bridgehead atoms. The van der Waals surface area contributed by atoms with Gasteiger partial charge in [0.2, 0.25) is 0 Å². The van der Waals surface area contributed by atoms with Crippen molar-refractivity contribution in [3.63, 3.8) is 0 Å². The van der Waals surface area contributed by atoms with Crippen LogP contribution in [-0.2, 0) is 4.79 Å². The molecule has 0 aliphatic carbocycles. The van der Waals surface area contributed by atoms with Crippen molar-refractivity contribution in [1.82, 2.24) is 0 Å². The molecular weight excluding hydrogens is 176 g/mol. The fourth-order valence-corrected chi connectivity index (χ4v) is 0.214. The summed E-state index contributed by atoms with van der Waals surface area (Å²) in [4.78, 5) is 9.60. The first-order valence-corrected chi connectivity index (χ1v) is 2.87. The molecular formula is C4H9BrO3. The maximum absolute atomic E-state index is 9.60.